The van der Waals surface area contributed by atoms with Crippen LogP contribution in [0.5, 0.6) is 11.5 Å². The van der Waals surface area contributed by atoms with Crippen LogP contribution in [0.15, 0.2) is 103 Å². The number of Topliss-reactive ketones (excluding diaryl/α,β-unsaturated/α-hetero) is 1. The summed E-state index contributed by atoms with van der Waals surface area (Å²) >= 11 is 0. The first kappa shape index (κ1) is 30.1. The molecule has 0 radical (unpaired) electrons. The average Bonchev–Trinajstić information content (AvgIpc) is 3.78. The van der Waals surface area contributed by atoms with Crippen LogP contribution in [0.1, 0.15) is 55.4 Å². The van der Waals surface area contributed by atoms with E-state index in [4.69, 9.17) is 14.2 Å². The van der Waals surface area contributed by atoms with Gasteiger partial charge in [-0.3, -0.25) is 19.3 Å². The largest absolute Gasteiger partial charge is 0.497 e. The molecule has 47 heavy (non-hydrogen) atoms. The zero-order valence-electron chi connectivity index (χ0n) is 25.5. The van der Waals surface area contributed by atoms with Crippen molar-refractivity contribution < 1.29 is 38.2 Å². The number of esters is 2. The standard InChI is InChI=1S/C38H31NO8/c1-45-29-12-6-10-25(18-29)38(44)47-28-15-13-23(14-16-28)32(40)21-46-37(43)24-9-5-11-27(17-24)39-35(41)33-26-19-30(22-7-3-2-4-8-22)31(20-26)34(33)36(39)42/h2-18,26,30-31,33-34H,19-21H2,1H3/t26-,30+,31+,33-,34-/m0/s1. The van der Waals surface area contributed by atoms with Crippen LogP contribution in [-0.2, 0) is 14.3 Å². The Morgan fingerprint density at radius 1 is 0.702 bits per heavy atom. The number of methoxy groups -OCH3 is 1. The molecule has 5 atom stereocenters. The lowest BCUT2D eigenvalue weighted by molar-refractivity contribution is -0.123. The predicted octanol–water partition coefficient (Wildman–Crippen LogP) is 5.88. The van der Waals surface area contributed by atoms with Gasteiger partial charge in [-0.1, -0.05) is 42.5 Å². The van der Waals surface area contributed by atoms with Crippen molar-refractivity contribution in [2.24, 2.45) is 23.7 Å². The van der Waals surface area contributed by atoms with Gasteiger partial charge in [0.25, 0.3) is 0 Å². The van der Waals surface area contributed by atoms with Gasteiger partial charge in [0.2, 0.25) is 11.8 Å². The molecule has 0 aromatic heterocycles. The van der Waals surface area contributed by atoms with Crippen LogP contribution < -0.4 is 14.4 Å². The van der Waals surface area contributed by atoms with Crippen molar-refractivity contribution in [1.82, 2.24) is 0 Å². The minimum Gasteiger partial charge on any atom is -0.497 e. The SMILES string of the molecule is COc1cccc(C(=O)Oc2ccc(C(=O)COC(=O)c3cccc(N4C(=O)[C@H]5[C@@H]6C[C@@H]([C@@H]5C4=O)[C@@H](c4ccccc4)C6)c3)cc2)c1. The third kappa shape index (κ3) is 5.58. The van der Waals surface area contributed by atoms with E-state index in [-0.39, 0.29) is 58.3 Å². The Labute approximate surface area is 271 Å². The minimum atomic E-state index is -0.757. The average molecular weight is 630 g/mol. The van der Waals surface area contributed by atoms with Crippen molar-refractivity contribution in [3.63, 3.8) is 0 Å². The number of carbonyl (C=O) groups is 5. The highest BCUT2D eigenvalue weighted by atomic mass is 16.5. The Bertz CT molecular complexity index is 1890. The molecule has 1 saturated heterocycles. The van der Waals surface area contributed by atoms with Gasteiger partial charge in [-0.15, -0.1) is 0 Å². The number of anilines is 1. The lowest BCUT2D eigenvalue weighted by Crippen LogP contribution is -2.33. The first-order chi connectivity index (χ1) is 22.8. The van der Waals surface area contributed by atoms with Gasteiger partial charge in [0.1, 0.15) is 11.5 Å². The summed E-state index contributed by atoms with van der Waals surface area (Å²) < 4.78 is 15.8. The van der Waals surface area contributed by atoms with Crippen molar-refractivity contribution in [1.29, 1.82) is 0 Å². The first-order valence-electron chi connectivity index (χ1n) is 15.5. The number of hydrogen-bond acceptors (Lipinski definition) is 8. The number of fused-ring (bicyclic) bond motifs is 5. The smallest absolute Gasteiger partial charge is 0.343 e. The number of ketones is 1. The van der Waals surface area contributed by atoms with Gasteiger partial charge in [-0.05, 0) is 96.8 Å². The lowest BCUT2D eigenvalue weighted by atomic mass is 9.73. The van der Waals surface area contributed by atoms with Crippen molar-refractivity contribution in [2.75, 3.05) is 18.6 Å². The quantitative estimate of drug-likeness (QED) is 0.0975. The van der Waals surface area contributed by atoms with Gasteiger partial charge in [-0.25, -0.2) is 9.59 Å². The van der Waals surface area contributed by atoms with E-state index in [1.54, 1.807) is 36.4 Å². The molecule has 1 aliphatic heterocycles. The summed E-state index contributed by atoms with van der Waals surface area (Å²) in [6, 6.07) is 28.8. The molecule has 1 heterocycles. The van der Waals surface area contributed by atoms with E-state index < -0.39 is 24.3 Å². The van der Waals surface area contributed by atoms with Gasteiger partial charge in [0.15, 0.2) is 12.4 Å². The molecule has 3 fully saturated rings. The summed E-state index contributed by atoms with van der Waals surface area (Å²) in [5.74, 6) is -1.64. The number of ether oxygens (including phenoxy) is 3. The van der Waals surface area contributed by atoms with Gasteiger partial charge in [0.05, 0.1) is 35.8 Å². The van der Waals surface area contributed by atoms with Crippen LogP contribution in [0.3, 0.4) is 0 Å². The van der Waals surface area contributed by atoms with Crippen molar-refractivity contribution in [2.45, 2.75) is 18.8 Å². The van der Waals surface area contributed by atoms with E-state index in [0.717, 1.165) is 12.8 Å². The molecule has 236 valence electrons. The van der Waals surface area contributed by atoms with Crippen LogP contribution in [0.25, 0.3) is 0 Å². The molecule has 0 N–H and O–H groups in total. The molecule has 4 aromatic carbocycles. The van der Waals surface area contributed by atoms with Crippen molar-refractivity contribution >= 4 is 35.2 Å². The Morgan fingerprint density at radius 3 is 2.15 bits per heavy atom. The highest BCUT2D eigenvalue weighted by molar-refractivity contribution is 6.23. The Hall–Kier alpha value is -5.57. The number of rotatable bonds is 9. The molecule has 2 aliphatic carbocycles. The van der Waals surface area contributed by atoms with Gasteiger partial charge >= 0.3 is 11.9 Å². The molecule has 2 bridgehead atoms. The van der Waals surface area contributed by atoms with Gasteiger partial charge in [-0.2, -0.15) is 0 Å². The molecule has 0 unspecified atom stereocenters. The molecule has 9 nitrogen and oxygen atoms in total. The lowest BCUT2D eigenvalue weighted by Gasteiger charge is -2.28. The maximum absolute atomic E-state index is 13.7. The summed E-state index contributed by atoms with van der Waals surface area (Å²) in [7, 11) is 1.50. The van der Waals surface area contributed by atoms with Gasteiger partial charge in [0, 0.05) is 5.56 Å². The third-order valence-electron chi connectivity index (χ3n) is 9.61. The number of benzene rings is 4. The normalized spacial score (nSPS) is 22.6. The second-order valence-electron chi connectivity index (χ2n) is 12.2. The number of imide groups is 1. The van der Waals surface area contributed by atoms with Crippen LogP contribution >= 0.6 is 0 Å². The molecule has 3 aliphatic rings. The molecule has 2 saturated carbocycles. The Morgan fingerprint density at radius 2 is 1.40 bits per heavy atom. The summed E-state index contributed by atoms with van der Waals surface area (Å²) in [6.07, 6.45) is 1.76. The van der Waals surface area contributed by atoms with E-state index in [9.17, 15) is 24.0 Å². The Balaban J connectivity index is 0.973. The summed E-state index contributed by atoms with van der Waals surface area (Å²) in [6.45, 7) is -0.526. The van der Waals surface area contributed by atoms with Crippen LogP contribution in [-0.4, -0.2) is 43.3 Å². The molecular weight excluding hydrogens is 598 g/mol. The number of hydrogen-bond donors (Lipinski definition) is 0. The minimum absolute atomic E-state index is 0.113. The maximum atomic E-state index is 13.7. The van der Waals surface area contributed by atoms with Crippen LogP contribution in [0.2, 0.25) is 0 Å². The van der Waals surface area contributed by atoms with E-state index in [0.29, 0.717) is 17.0 Å². The monoisotopic (exact) mass is 629 g/mol. The molecule has 2 amide bonds. The summed E-state index contributed by atoms with van der Waals surface area (Å²) in [4.78, 5) is 66.7. The van der Waals surface area contributed by atoms with Crippen molar-refractivity contribution in [3.05, 3.63) is 125 Å². The van der Waals surface area contributed by atoms with E-state index in [1.807, 2.05) is 18.2 Å². The summed E-state index contributed by atoms with van der Waals surface area (Å²) in [5.41, 5.74) is 2.23. The van der Waals surface area contributed by atoms with Crippen molar-refractivity contribution in [3.8, 4) is 11.5 Å². The maximum Gasteiger partial charge on any atom is 0.343 e. The first-order valence-corrected chi connectivity index (χ1v) is 15.5. The second kappa shape index (κ2) is 12.3. The van der Waals surface area contributed by atoms with Gasteiger partial charge < -0.3 is 14.2 Å². The topological polar surface area (TPSA) is 116 Å². The van der Waals surface area contributed by atoms with E-state index in [1.165, 1.54) is 54.0 Å². The highest BCUT2D eigenvalue weighted by Crippen LogP contribution is 2.61. The van der Waals surface area contributed by atoms with Crippen LogP contribution in [0, 0.1) is 23.7 Å². The second-order valence-corrected chi connectivity index (χ2v) is 12.2. The third-order valence-corrected chi connectivity index (χ3v) is 9.61. The fourth-order valence-electron chi connectivity index (χ4n) is 7.49. The molecule has 9 heteroatoms. The number of carbonyl (C=O) groups excluding carboxylic acids is 5. The number of nitrogens with zero attached hydrogens (tertiary/aromatic N) is 1. The summed E-state index contributed by atoms with van der Waals surface area (Å²) in [5, 5.41) is 0. The molecule has 4 aromatic rings. The predicted molar refractivity (Wildman–Crippen MR) is 170 cm³/mol. The van der Waals surface area contributed by atoms with Crippen LogP contribution in [0.4, 0.5) is 5.69 Å². The fraction of sp³-hybridized carbons (Fsp3) is 0.237. The molecule has 0 spiro atoms. The Kier molecular flexibility index (Phi) is 7.89. The molecular formula is C38H31NO8. The zero-order valence-corrected chi connectivity index (χ0v) is 25.5. The van der Waals surface area contributed by atoms with E-state index in [2.05, 4.69) is 12.1 Å². The fourth-order valence-corrected chi connectivity index (χ4v) is 7.49. The number of amides is 2. The van der Waals surface area contributed by atoms with E-state index >= 15 is 0 Å². The highest BCUT2D eigenvalue weighted by Gasteiger charge is 2.64. The zero-order chi connectivity index (χ0) is 32.7. The molecule has 7 rings (SSSR count).